The molecule has 1 heterocycles. The van der Waals surface area contributed by atoms with Crippen LogP contribution in [-0.4, -0.2) is 6.29 Å². The molecule has 2 unspecified atom stereocenters. The van der Waals surface area contributed by atoms with E-state index in [0.29, 0.717) is 11.3 Å². The number of hydrogen-bond acceptors (Lipinski definition) is 3. The summed E-state index contributed by atoms with van der Waals surface area (Å²) in [5.41, 5.74) is 8.73. The first-order valence-electron chi connectivity index (χ1n) is 4.50. The van der Waals surface area contributed by atoms with Crippen molar-refractivity contribution in [3.8, 4) is 0 Å². The summed E-state index contributed by atoms with van der Waals surface area (Å²) in [4.78, 5) is 0. The van der Waals surface area contributed by atoms with Crippen LogP contribution >= 0.6 is 0 Å². The Morgan fingerprint density at radius 2 is 2.00 bits per heavy atom. The number of rotatable bonds is 1. The Labute approximate surface area is 73.4 Å². The fraction of sp³-hybridized carbons (Fsp3) is 0.778. The van der Waals surface area contributed by atoms with E-state index in [-0.39, 0.29) is 6.29 Å². The molecule has 1 fully saturated rings. The van der Waals surface area contributed by atoms with Crippen molar-refractivity contribution in [3.63, 3.8) is 0 Å². The van der Waals surface area contributed by atoms with Crippen molar-refractivity contribution in [2.45, 2.75) is 33.5 Å². The van der Waals surface area contributed by atoms with Crippen LogP contribution in [0.25, 0.3) is 0 Å². The van der Waals surface area contributed by atoms with Crippen LogP contribution in [0.5, 0.6) is 0 Å². The van der Waals surface area contributed by atoms with Crippen molar-refractivity contribution in [2.24, 2.45) is 17.1 Å². The number of nitrogens with two attached hydrogens (primary N) is 1. The molecule has 1 saturated carbocycles. The highest BCUT2D eigenvalue weighted by Crippen LogP contribution is 2.55. The molecule has 0 aromatic carbocycles. The molecule has 3 nitrogen and oxygen atoms in total. The number of allylic oxidation sites excluding steroid dienone is 2. The third-order valence-electron chi connectivity index (χ3n) is 2.95. The Balaban J connectivity index is 2.11. The maximum absolute atomic E-state index is 5.71. The van der Waals surface area contributed by atoms with Gasteiger partial charge in [-0.25, -0.2) is 0 Å². The zero-order valence-electron chi connectivity index (χ0n) is 7.94. The first kappa shape index (κ1) is 7.92. The van der Waals surface area contributed by atoms with Crippen molar-refractivity contribution in [1.29, 1.82) is 0 Å². The number of nitrogens with one attached hydrogen (secondary N) is 2. The van der Waals surface area contributed by atoms with Crippen molar-refractivity contribution in [1.82, 2.24) is 10.6 Å². The van der Waals surface area contributed by atoms with Gasteiger partial charge in [-0.05, 0) is 18.8 Å². The van der Waals surface area contributed by atoms with E-state index in [2.05, 4.69) is 31.4 Å². The zero-order chi connectivity index (χ0) is 8.93. The van der Waals surface area contributed by atoms with Gasteiger partial charge in [-0.2, -0.15) is 0 Å². The zero-order valence-corrected chi connectivity index (χ0v) is 7.94. The quantitative estimate of drug-likeness (QED) is 0.539. The third kappa shape index (κ3) is 1.08. The topological polar surface area (TPSA) is 50.1 Å². The molecule has 2 aliphatic rings. The van der Waals surface area contributed by atoms with E-state index in [1.165, 1.54) is 17.8 Å². The fourth-order valence-corrected chi connectivity index (χ4v) is 1.94. The molecule has 4 N–H and O–H groups in total. The molecular weight excluding hydrogens is 150 g/mol. The van der Waals surface area contributed by atoms with Gasteiger partial charge in [0.05, 0.1) is 0 Å². The standard InChI is InChI=1S/C9H17N3/c1-5-7(12-8(10)11-5)6-4-9(6,2)3/h6,8,11-12H,4,10H2,1-3H3. The minimum absolute atomic E-state index is 0.0728. The maximum Gasteiger partial charge on any atom is 0.150 e. The molecule has 2 atom stereocenters. The minimum Gasteiger partial charge on any atom is -0.355 e. The van der Waals surface area contributed by atoms with Crippen LogP contribution in [0.1, 0.15) is 27.2 Å². The molecule has 1 aliphatic carbocycles. The Hall–Kier alpha value is -0.700. The smallest absolute Gasteiger partial charge is 0.150 e. The third-order valence-corrected chi connectivity index (χ3v) is 2.95. The molecule has 68 valence electrons. The van der Waals surface area contributed by atoms with Gasteiger partial charge in [0.25, 0.3) is 0 Å². The lowest BCUT2D eigenvalue weighted by molar-refractivity contribution is 0.537. The average molecular weight is 167 g/mol. The first-order chi connectivity index (χ1) is 5.50. The first-order valence-corrected chi connectivity index (χ1v) is 4.50. The van der Waals surface area contributed by atoms with Crippen LogP contribution in [0.3, 0.4) is 0 Å². The lowest BCUT2D eigenvalue weighted by atomic mass is 10.1. The predicted octanol–water partition coefficient (Wildman–Crippen LogP) is 0.699. The lowest BCUT2D eigenvalue weighted by Gasteiger charge is -2.08. The second kappa shape index (κ2) is 2.16. The molecule has 2 rings (SSSR count). The highest BCUT2D eigenvalue weighted by Gasteiger charge is 2.49. The van der Waals surface area contributed by atoms with Crippen LogP contribution in [-0.2, 0) is 0 Å². The van der Waals surface area contributed by atoms with Crippen molar-refractivity contribution in [2.75, 3.05) is 0 Å². The second-order valence-electron chi connectivity index (χ2n) is 4.55. The minimum atomic E-state index is -0.0728. The fourth-order valence-electron chi connectivity index (χ4n) is 1.94. The summed E-state index contributed by atoms with van der Waals surface area (Å²) in [5.74, 6) is 0.693. The van der Waals surface area contributed by atoms with Crippen LogP contribution < -0.4 is 16.4 Å². The van der Waals surface area contributed by atoms with E-state index in [0.717, 1.165) is 0 Å². The van der Waals surface area contributed by atoms with Gasteiger partial charge in [0.15, 0.2) is 0 Å². The highest BCUT2D eigenvalue weighted by atomic mass is 15.3. The Morgan fingerprint density at radius 1 is 1.42 bits per heavy atom. The largest absolute Gasteiger partial charge is 0.355 e. The molecule has 0 aromatic rings. The number of hydrogen-bond donors (Lipinski definition) is 3. The summed E-state index contributed by atoms with van der Waals surface area (Å²) >= 11 is 0. The summed E-state index contributed by atoms with van der Waals surface area (Å²) < 4.78 is 0. The molecule has 0 radical (unpaired) electrons. The average Bonchev–Trinajstić information content (AvgIpc) is 2.40. The molecule has 0 amide bonds. The normalized spacial score (nSPS) is 37.7. The highest BCUT2D eigenvalue weighted by molar-refractivity contribution is 5.26. The van der Waals surface area contributed by atoms with Gasteiger partial charge in [0.1, 0.15) is 6.29 Å². The summed E-state index contributed by atoms with van der Waals surface area (Å²) in [5, 5.41) is 6.44. The van der Waals surface area contributed by atoms with Crippen molar-refractivity contribution < 1.29 is 0 Å². The monoisotopic (exact) mass is 167 g/mol. The summed E-state index contributed by atoms with van der Waals surface area (Å²) in [6, 6.07) is 0. The predicted molar refractivity (Wildman–Crippen MR) is 48.8 cm³/mol. The van der Waals surface area contributed by atoms with Gasteiger partial charge in [-0.1, -0.05) is 13.8 Å². The van der Waals surface area contributed by atoms with Crippen molar-refractivity contribution in [3.05, 3.63) is 11.4 Å². The van der Waals surface area contributed by atoms with Crippen LogP contribution in [0.2, 0.25) is 0 Å². The van der Waals surface area contributed by atoms with E-state index in [9.17, 15) is 0 Å². The van der Waals surface area contributed by atoms with E-state index in [1.807, 2.05) is 0 Å². The Morgan fingerprint density at radius 3 is 2.33 bits per heavy atom. The molecule has 0 spiro atoms. The molecule has 1 aliphatic heterocycles. The van der Waals surface area contributed by atoms with E-state index in [1.54, 1.807) is 0 Å². The van der Waals surface area contributed by atoms with Gasteiger partial charge in [-0.15, -0.1) is 0 Å². The summed E-state index contributed by atoms with van der Waals surface area (Å²) in [6.07, 6.45) is 1.21. The SMILES string of the molecule is CC1=C(C2CC2(C)C)NC(N)N1. The molecular formula is C9H17N3. The molecule has 0 aromatic heterocycles. The van der Waals surface area contributed by atoms with E-state index in [4.69, 9.17) is 5.73 Å². The van der Waals surface area contributed by atoms with Gasteiger partial charge in [0.2, 0.25) is 0 Å². The van der Waals surface area contributed by atoms with Crippen LogP contribution in [0, 0.1) is 11.3 Å². The summed E-state index contributed by atoms with van der Waals surface area (Å²) in [6.45, 7) is 6.68. The molecule has 0 bridgehead atoms. The van der Waals surface area contributed by atoms with E-state index < -0.39 is 0 Å². The Bertz CT molecular complexity index is 242. The van der Waals surface area contributed by atoms with Gasteiger partial charge in [-0.3, -0.25) is 5.73 Å². The van der Waals surface area contributed by atoms with Crippen molar-refractivity contribution >= 4 is 0 Å². The van der Waals surface area contributed by atoms with E-state index >= 15 is 0 Å². The van der Waals surface area contributed by atoms with Crippen LogP contribution in [0.15, 0.2) is 11.4 Å². The summed E-state index contributed by atoms with van der Waals surface area (Å²) in [7, 11) is 0. The van der Waals surface area contributed by atoms with Gasteiger partial charge < -0.3 is 10.6 Å². The molecule has 12 heavy (non-hydrogen) atoms. The molecule has 0 saturated heterocycles. The maximum atomic E-state index is 5.71. The van der Waals surface area contributed by atoms with Gasteiger partial charge >= 0.3 is 0 Å². The van der Waals surface area contributed by atoms with Gasteiger partial charge in [0, 0.05) is 17.3 Å². The Kier molecular flexibility index (Phi) is 1.43. The second-order valence-corrected chi connectivity index (χ2v) is 4.55. The lowest BCUT2D eigenvalue weighted by Crippen LogP contribution is -2.41. The van der Waals surface area contributed by atoms with Crippen LogP contribution in [0.4, 0.5) is 0 Å². The molecule has 3 heteroatoms.